The van der Waals surface area contributed by atoms with E-state index in [1.54, 1.807) is 26.1 Å². The highest BCUT2D eigenvalue weighted by molar-refractivity contribution is 5.76. The molecule has 9 heteroatoms. The Bertz CT molecular complexity index is 888. The summed E-state index contributed by atoms with van der Waals surface area (Å²) in [5.74, 6) is 0.584. The lowest BCUT2D eigenvalue weighted by atomic mass is 10.1. The van der Waals surface area contributed by atoms with Gasteiger partial charge in [0.05, 0.1) is 5.60 Å². The number of hydrogen-bond acceptors (Lipinski definition) is 8. The summed E-state index contributed by atoms with van der Waals surface area (Å²) in [7, 11) is 0. The van der Waals surface area contributed by atoms with Gasteiger partial charge in [0.1, 0.15) is 24.0 Å². The highest BCUT2D eigenvalue weighted by atomic mass is 16.4. The van der Waals surface area contributed by atoms with Crippen LogP contribution in [0.5, 0.6) is 0 Å². The lowest BCUT2D eigenvalue weighted by Crippen LogP contribution is -2.42. The average Bonchev–Trinajstić information content (AvgIpc) is 2.78. The Morgan fingerprint density at radius 3 is 2.85 bits per heavy atom. The molecule has 0 spiro atoms. The van der Waals surface area contributed by atoms with Crippen LogP contribution in [0.15, 0.2) is 30.7 Å². The highest BCUT2D eigenvalue weighted by Gasteiger charge is 2.22. The van der Waals surface area contributed by atoms with Crippen LogP contribution in [0.1, 0.15) is 50.8 Å². The second-order valence-electron chi connectivity index (χ2n) is 9.30. The number of anilines is 2. The molecule has 3 heterocycles. The molecule has 1 aliphatic rings. The SMILES string of the molecule is CC(C)(O)CN(CCCCc1ccc2c(n1)NCCC2)CC[C@H](Nc1ccncn1)C(=O)O. The summed E-state index contributed by atoms with van der Waals surface area (Å²) in [5, 5.41) is 26.3. The van der Waals surface area contributed by atoms with Crippen molar-refractivity contribution in [1.82, 2.24) is 19.9 Å². The number of rotatable bonds is 13. The number of aliphatic carboxylic acids is 1. The molecule has 0 saturated heterocycles. The van der Waals surface area contributed by atoms with Gasteiger partial charge in [-0.25, -0.2) is 19.7 Å². The van der Waals surface area contributed by atoms with E-state index in [0.717, 1.165) is 56.7 Å². The molecule has 0 amide bonds. The first-order chi connectivity index (χ1) is 15.8. The van der Waals surface area contributed by atoms with Crippen molar-refractivity contribution in [3.63, 3.8) is 0 Å². The van der Waals surface area contributed by atoms with Crippen molar-refractivity contribution in [3.05, 3.63) is 42.0 Å². The number of aryl methyl sites for hydroxylation is 2. The number of aliphatic hydroxyl groups is 1. The minimum atomic E-state index is -0.927. The molecule has 1 atom stereocenters. The number of unbranched alkanes of at least 4 members (excludes halogenated alkanes) is 1. The van der Waals surface area contributed by atoms with Crippen LogP contribution in [0, 0.1) is 0 Å². The van der Waals surface area contributed by atoms with Crippen LogP contribution in [-0.4, -0.2) is 73.9 Å². The normalized spacial score (nSPS) is 14.4. The van der Waals surface area contributed by atoms with Crippen molar-refractivity contribution in [2.75, 3.05) is 36.8 Å². The largest absolute Gasteiger partial charge is 0.480 e. The van der Waals surface area contributed by atoms with Crippen molar-refractivity contribution in [2.24, 2.45) is 0 Å². The Morgan fingerprint density at radius 1 is 1.27 bits per heavy atom. The van der Waals surface area contributed by atoms with Gasteiger partial charge in [-0.1, -0.05) is 6.07 Å². The molecule has 0 fully saturated rings. The summed E-state index contributed by atoms with van der Waals surface area (Å²) in [6, 6.07) is 5.18. The summed E-state index contributed by atoms with van der Waals surface area (Å²) in [5.41, 5.74) is 1.53. The summed E-state index contributed by atoms with van der Waals surface area (Å²) >= 11 is 0. The Kier molecular flexibility index (Phi) is 8.96. The van der Waals surface area contributed by atoms with E-state index in [0.29, 0.717) is 25.3 Å². The van der Waals surface area contributed by atoms with E-state index in [-0.39, 0.29) is 0 Å². The van der Waals surface area contributed by atoms with E-state index < -0.39 is 17.6 Å². The van der Waals surface area contributed by atoms with Crippen molar-refractivity contribution >= 4 is 17.6 Å². The minimum Gasteiger partial charge on any atom is -0.480 e. The van der Waals surface area contributed by atoms with Crippen LogP contribution in [0.3, 0.4) is 0 Å². The van der Waals surface area contributed by atoms with Gasteiger partial charge in [0.25, 0.3) is 0 Å². The Balaban J connectivity index is 1.49. The van der Waals surface area contributed by atoms with Crippen LogP contribution >= 0.6 is 0 Å². The predicted molar refractivity (Wildman–Crippen MR) is 128 cm³/mol. The summed E-state index contributed by atoms with van der Waals surface area (Å²) in [6.07, 6.45) is 8.42. The first-order valence-corrected chi connectivity index (χ1v) is 11.7. The average molecular weight is 457 g/mol. The molecule has 0 unspecified atom stereocenters. The number of carboxylic acids is 1. The van der Waals surface area contributed by atoms with Crippen LogP contribution in [0.4, 0.5) is 11.6 Å². The third-order valence-corrected chi connectivity index (χ3v) is 5.66. The maximum Gasteiger partial charge on any atom is 0.326 e. The van der Waals surface area contributed by atoms with Crippen molar-refractivity contribution < 1.29 is 15.0 Å². The van der Waals surface area contributed by atoms with Crippen molar-refractivity contribution in [1.29, 1.82) is 0 Å². The molecule has 33 heavy (non-hydrogen) atoms. The molecule has 2 aromatic heterocycles. The number of pyridine rings is 1. The van der Waals surface area contributed by atoms with Crippen molar-refractivity contribution in [2.45, 2.75) is 64.0 Å². The maximum atomic E-state index is 11.7. The molecule has 2 aromatic rings. The molecular weight excluding hydrogens is 420 g/mol. The smallest absolute Gasteiger partial charge is 0.326 e. The van der Waals surface area contributed by atoms with E-state index in [9.17, 15) is 15.0 Å². The first-order valence-electron chi connectivity index (χ1n) is 11.7. The molecule has 0 saturated carbocycles. The Morgan fingerprint density at radius 2 is 2.12 bits per heavy atom. The topological polar surface area (TPSA) is 124 Å². The molecule has 1 aliphatic heterocycles. The van der Waals surface area contributed by atoms with Gasteiger partial charge in [0.2, 0.25) is 0 Å². The molecule has 180 valence electrons. The quantitative estimate of drug-likeness (QED) is 0.337. The third-order valence-electron chi connectivity index (χ3n) is 5.66. The van der Waals surface area contributed by atoms with E-state index in [1.165, 1.54) is 11.9 Å². The maximum absolute atomic E-state index is 11.7. The summed E-state index contributed by atoms with van der Waals surface area (Å²) in [6.45, 7) is 6.36. The van der Waals surface area contributed by atoms with E-state index in [1.807, 2.05) is 0 Å². The van der Waals surface area contributed by atoms with Gasteiger partial charge in [-0.2, -0.15) is 0 Å². The number of carboxylic acid groups (broad SMARTS) is 1. The fraction of sp³-hybridized carbons (Fsp3) is 0.583. The number of hydrogen-bond donors (Lipinski definition) is 4. The van der Waals surface area contributed by atoms with Crippen LogP contribution in [0.2, 0.25) is 0 Å². The highest BCUT2D eigenvalue weighted by Crippen LogP contribution is 2.20. The Hall–Kier alpha value is -2.78. The van der Waals surface area contributed by atoms with Gasteiger partial charge >= 0.3 is 5.97 Å². The first kappa shape index (κ1) is 24.9. The molecule has 0 bridgehead atoms. The van der Waals surface area contributed by atoms with Crippen molar-refractivity contribution in [3.8, 4) is 0 Å². The van der Waals surface area contributed by atoms with E-state index in [4.69, 9.17) is 4.98 Å². The molecule has 9 nitrogen and oxygen atoms in total. The second kappa shape index (κ2) is 11.9. The minimum absolute atomic E-state index is 0.396. The fourth-order valence-electron chi connectivity index (χ4n) is 4.09. The summed E-state index contributed by atoms with van der Waals surface area (Å²) < 4.78 is 0. The van der Waals surface area contributed by atoms with Gasteiger partial charge in [-0.15, -0.1) is 0 Å². The summed E-state index contributed by atoms with van der Waals surface area (Å²) in [4.78, 5) is 26.5. The number of aromatic nitrogens is 3. The molecule has 4 N–H and O–H groups in total. The van der Waals surface area contributed by atoms with Crippen LogP contribution in [0.25, 0.3) is 0 Å². The standard InChI is InChI=1S/C24H36N6O3/c1-24(2,33)16-30(15-11-20(23(31)32)29-21-10-13-25-17-27-21)14-4-3-7-19-9-8-18-6-5-12-26-22(18)28-19/h8-10,13,17,20,33H,3-7,11-12,14-16H2,1-2H3,(H,26,28)(H,31,32)(H,25,27,29)/t20-/m0/s1. The number of nitrogens with zero attached hydrogens (tertiary/aromatic N) is 4. The molecular formula is C24H36N6O3. The number of carbonyl (C=O) groups is 1. The zero-order valence-electron chi connectivity index (χ0n) is 19.6. The fourth-order valence-corrected chi connectivity index (χ4v) is 4.09. The van der Waals surface area contributed by atoms with Crippen LogP contribution < -0.4 is 10.6 Å². The van der Waals surface area contributed by atoms with Gasteiger partial charge < -0.3 is 25.7 Å². The number of nitrogens with one attached hydrogen (secondary N) is 2. The predicted octanol–water partition coefficient (Wildman–Crippen LogP) is 2.58. The van der Waals surface area contributed by atoms with E-state index >= 15 is 0 Å². The van der Waals surface area contributed by atoms with Gasteiger partial charge in [-0.05, 0) is 76.6 Å². The van der Waals surface area contributed by atoms with Gasteiger partial charge in [0.15, 0.2) is 0 Å². The van der Waals surface area contributed by atoms with E-state index in [2.05, 4.69) is 37.6 Å². The molecule has 0 radical (unpaired) electrons. The number of fused-ring (bicyclic) bond motifs is 1. The lowest BCUT2D eigenvalue weighted by molar-refractivity contribution is -0.138. The molecule has 0 aromatic carbocycles. The zero-order chi connectivity index (χ0) is 23.7. The Labute approximate surface area is 195 Å². The molecule has 3 rings (SSSR count). The third kappa shape index (κ3) is 8.58. The van der Waals surface area contributed by atoms with Gasteiger partial charge in [0, 0.05) is 31.5 Å². The zero-order valence-corrected chi connectivity index (χ0v) is 19.6. The molecule has 0 aliphatic carbocycles. The second-order valence-corrected chi connectivity index (χ2v) is 9.30. The van der Waals surface area contributed by atoms with Gasteiger partial charge in [-0.3, -0.25) is 0 Å². The lowest BCUT2D eigenvalue weighted by Gasteiger charge is -2.30. The monoisotopic (exact) mass is 456 g/mol. The van der Waals surface area contributed by atoms with Crippen LogP contribution in [-0.2, 0) is 17.6 Å².